The Labute approximate surface area is 128 Å². The van der Waals surface area contributed by atoms with Crippen molar-refractivity contribution in [2.75, 3.05) is 19.7 Å². The van der Waals surface area contributed by atoms with Gasteiger partial charge in [-0.1, -0.05) is 12.1 Å². The summed E-state index contributed by atoms with van der Waals surface area (Å²) in [4.78, 5) is 32.7. The highest BCUT2D eigenvalue weighted by Gasteiger charge is 2.11. The van der Waals surface area contributed by atoms with E-state index < -0.39 is 0 Å². The second-order valence-electron chi connectivity index (χ2n) is 5.08. The van der Waals surface area contributed by atoms with Crippen LogP contribution in [-0.2, 0) is 11.2 Å². The molecular weight excluding hydrogens is 282 g/mol. The van der Waals surface area contributed by atoms with Crippen LogP contribution in [0.4, 0.5) is 0 Å². The molecule has 0 aliphatic carbocycles. The molecule has 6 heteroatoms. The Kier molecular flexibility index (Phi) is 5.66. The summed E-state index contributed by atoms with van der Waals surface area (Å²) in [5.74, 6) is 0.612. The number of aromatic nitrogens is 2. The zero-order valence-electron chi connectivity index (χ0n) is 12.7. The summed E-state index contributed by atoms with van der Waals surface area (Å²) < 4.78 is 0. The van der Waals surface area contributed by atoms with E-state index in [4.69, 9.17) is 5.11 Å². The minimum atomic E-state index is -0.151. The minimum absolute atomic E-state index is 0.0136. The van der Waals surface area contributed by atoms with Crippen molar-refractivity contribution >= 4 is 16.8 Å². The summed E-state index contributed by atoms with van der Waals surface area (Å²) in [5, 5.41) is 9.48. The van der Waals surface area contributed by atoms with Crippen LogP contribution in [0.15, 0.2) is 29.1 Å². The van der Waals surface area contributed by atoms with E-state index in [-0.39, 0.29) is 18.1 Å². The van der Waals surface area contributed by atoms with Gasteiger partial charge in [0.2, 0.25) is 5.91 Å². The fraction of sp³-hybridized carbons (Fsp3) is 0.438. The Morgan fingerprint density at radius 2 is 2.14 bits per heavy atom. The fourth-order valence-electron chi connectivity index (χ4n) is 2.40. The molecule has 0 fully saturated rings. The third-order valence-electron chi connectivity index (χ3n) is 3.57. The van der Waals surface area contributed by atoms with Gasteiger partial charge in [-0.2, -0.15) is 0 Å². The minimum Gasteiger partial charge on any atom is -0.395 e. The summed E-state index contributed by atoms with van der Waals surface area (Å²) in [6.45, 7) is 2.81. The second kappa shape index (κ2) is 7.70. The number of rotatable bonds is 7. The van der Waals surface area contributed by atoms with Crippen molar-refractivity contribution in [3.8, 4) is 0 Å². The second-order valence-corrected chi connectivity index (χ2v) is 5.08. The smallest absolute Gasteiger partial charge is 0.258 e. The average Bonchev–Trinajstić information content (AvgIpc) is 2.52. The standard InChI is InChI=1S/C16H21N3O3/c1-2-19(10-11-20)15(21)9-5-8-14-17-13-7-4-3-6-12(13)16(22)18-14/h3-4,6-7,20H,2,5,8-11H2,1H3,(H,17,18,22). The highest BCUT2D eigenvalue weighted by Crippen LogP contribution is 2.08. The Hall–Kier alpha value is -2.21. The highest BCUT2D eigenvalue weighted by atomic mass is 16.3. The number of nitrogens with zero attached hydrogens (tertiary/aromatic N) is 2. The molecule has 1 aromatic carbocycles. The lowest BCUT2D eigenvalue weighted by Crippen LogP contribution is -2.33. The van der Waals surface area contributed by atoms with Gasteiger partial charge in [-0.05, 0) is 25.5 Å². The van der Waals surface area contributed by atoms with E-state index in [9.17, 15) is 9.59 Å². The molecule has 0 atom stereocenters. The van der Waals surface area contributed by atoms with Crippen LogP contribution in [0.2, 0.25) is 0 Å². The Bertz CT molecular complexity index is 696. The van der Waals surface area contributed by atoms with Crippen molar-refractivity contribution in [1.29, 1.82) is 0 Å². The number of benzene rings is 1. The largest absolute Gasteiger partial charge is 0.395 e. The van der Waals surface area contributed by atoms with Crippen LogP contribution >= 0.6 is 0 Å². The lowest BCUT2D eigenvalue weighted by Gasteiger charge is -2.19. The van der Waals surface area contributed by atoms with E-state index in [0.29, 0.717) is 49.1 Å². The van der Waals surface area contributed by atoms with Crippen LogP contribution in [0.3, 0.4) is 0 Å². The van der Waals surface area contributed by atoms with Crippen LogP contribution in [-0.4, -0.2) is 45.6 Å². The van der Waals surface area contributed by atoms with Crippen molar-refractivity contribution < 1.29 is 9.90 Å². The van der Waals surface area contributed by atoms with Gasteiger partial charge < -0.3 is 15.0 Å². The first-order valence-corrected chi connectivity index (χ1v) is 7.52. The van der Waals surface area contributed by atoms with Gasteiger partial charge in [0.15, 0.2) is 0 Å². The van der Waals surface area contributed by atoms with Gasteiger partial charge in [-0.25, -0.2) is 4.98 Å². The lowest BCUT2D eigenvalue weighted by molar-refractivity contribution is -0.131. The van der Waals surface area contributed by atoms with E-state index in [1.54, 1.807) is 23.1 Å². The molecule has 2 aromatic rings. The van der Waals surface area contributed by atoms with Gasteiger partial charge in [-0.3, -0.25) is 9.59 Å². The van der Waals surface area contributed by atoms with Crippen molar-refractivity contribution in [2.45, 2.75) is 26.2 Å². The number of nitrogens with one attached hydrogen (secondary N) is 1. The van der Waals surface area contributed by atoms with Crippen molar-refractivity contribution in [2.24, 2.45) is 0 Å². The molecule has 118 valence electrons. The molecule has 6 nitrogen and oxygen atoms in total. The summed E-state index contributed by atoms with van der Waals surface area (Å²) in [6.07, 6.45) is 1.54. The van der Waals surface area contributed by atoms with Crippen molar-refractivity contribution in [1.82, 2.24) is 14.9 Å². The van der Waals surface area contributed by atoms with E-state index in [0.717, 1.165) is 0 Å². The maximum absolute atomic E-state index is 12.0. The number of carbonyl (C=O) groups excluding carboxylic acids is 1. The molecule has 1 aromatic heterocycles. The topological polar surface area (TPSA) is 86.3 Å². The molecule has 0 bridgehead atoms. The number of fused-ring (bicyclic) bond motifs is 1. The zero-order chi connectivity index (χ0) is 15.9. The van der Waals surface area contributed by atoms with Gasteiger partial charge >= 0.3 is 0 Å². The summed E-state index contributed by atoms with van der Waals surface area (Å²) in [5.41, 5.74) is 0.519. The number of H-pyrrole nitrogens is 1. The van der Waals surface area contributed by atoms with Crippen LogP contribution in [0, 0.1) is 0 Å². The number of hydrogen-bond acceptors (Lipinski definition) is 4. The van der Waals surface area contributed by atoms with Crippen LogP contribution in [0.1, 0.15) is 25.6 Å². The predicted octanol–water partition coefficient (Wildman–Crippen LogP) is 1.09. The SMILES string of the molecule is CCN(CCO)C(=O)CCCc1nc2ccccc2c(=O)[nH]1. The molecule has 1 amide bonds. The quantitative estimate of drug-likeness (QED) is 0.801. The summed E-state index contributed by atoms with van der Waals surface area (Å²) in [6, 6.07) is 7.19. The number of hydrogen-bond donors (Lipinski definition) is 2. The van der Waals surface area contributed by atoms with Gasteiger partial charge in [-0.15, -0.1) is 0 Å². The van der Waals surface area contributed by atoms with Gasteiger partial charge in [0.1, 0.15) is 5.82 Å². The number of aliphatic hydroxyl groups is 1. The fourth-order valence-corrected chi connectivity index (χ4v) is 2.40. The molecular formula is C16H21N3O3. The molecule has 2 N–H and O–H groups in total. The number of aryl methyl sites for hydroxylation is 1. The monoisotopic (exact) mass is 303 g/mol. The van der Waals surface area contributed by atoms with Gasteiger partial charge in [0.25, 0.3) is 5.56 Å². The Balaban J connectivity index is 1.97. The Morgan fingerprint density at radius 1 is 1.36 bits per heavy atom. The van der Waals surface area contributed by atoms with E-state index in [1.165, 1.54) is 0 Å². The summed E-state index contributed by atoms with van der Waals surface area (Å²) in [7, 11) is 0. The average molecular weight is 303 g/mol. The Morgan fingerprint density at radius 3 is 2.86 bits per heavy atom. The number of amides is 1. The maximum atomic E-state index is 12.0. The summed E-state index contributed by atoms with van der Waals surface area (Å²) >= 11 is 0. The number of likely N-dealkylation sites (N-methyl/N-ethyl adjacent to an activating group) is 1. The van der Waals surface area contributed by atoms with Crippen LogP contribution in [0.25, 0.3) is 10.9 Å². The molecule has 0 spiro atoms. The number of aromatic amines is 1. The molecule has 0 unspecified atom stereocenters. The zero-order valence-corrected chi connectivity index (χ0v) is 12.7. The molecule has 0 saturated carbocycles. The predicted molar refractivity (Wildman–Crippen MR) is 84.6 cm³/mol. The first-order chi connectivity index (χ1) is 10.7. The van der Waals surface area contributed by atoms with Crippen LogP contribution < -0.4 is 5.56 Å². The highest BCUT2D eigenvalue weighted by molar-refractivity contribution is 5.77. The third-order valence-corrected chi connectivity index (χ3v) is 3.57. The maximum Gasteiger partial charge on any atom is 0.258 e. The first kappa shape index (κ1) is 16.2. The van der Waals surface area contributed by atoms with E-state index >= 15 is 0 Å². The van der Waals surface area contributed by atoms with Gasteiger partial charge in [0.05, 0.1) is 17.5 Å². The molecule has 2 rings (SSSR count). The molecule has 22 heavy (non-hydrogen) atoms. The van der Waals surface area contributed by atoms with E-state index in [1.807, 2.05) is 13.0 Å². The van der Waals surface area contributed by atoms with E-state index in [2.05, 4.69) is 9.97 Å². The van der Waals surface area contributed by atoms with Crippen molar-refractivity contribution in [3.05, 3.63) is 40.4 Å². The third kappa shape index (κ3) is 3.92. The number of aliphatic hydroxyl groups excluding tert-OH is 1. The number of para-hydroxylation sites is 1. The molecule has 0 saturated heterocycles. The molecule has 0 radical (unpaired) electrons. The molecule has 1 heterocycles. The first-order valence-electron chi connectivity index (χ1n) is 7.52. The molecule has 0 aliphatic rings. The van der Waals surface area contributed by atoms with Gasteiger partial charge in [0, 0.05) is 25.9 Å². The van der Waals surface area contributed by atoms with Crippen LogP contribution in [0.5, 0.6) is 0 Å². The number of carbonyl (C=O) groups is 1. The lowest BCUT2D eigenvalue weighted by atomic mass is 10.2. The van der Waals surface area contributed by atoms with Crippen molar-refractivity contribution in [3.63, 3.8) is 0 Å². The molecule has 0 aliphatic heterocycles. The normalized spacial score (nSPS) is 10.8.